The summed E-state index contributed by atoms with van der Waals surface area (Å²) in [5.74, 6) is -0.00981. The van der Waals surface area contributed by atoms with Gasteiger partial charge in [0, 0.05) is 25.2 Å². The summed E-state index contributed by atoms with van der Waals surface area (Å²) >= 11 is 0. The van der Waals surface area contributed by atoms with Crippen LogP contribution in [0.1, 0.15) is 39.5 Å². The molecule has 2 N–H and O–H groups in total. The Labute approximate surface area is 115 Å². The van der Waals surface area contributed by atoms with Crippen LogP contribution in [-0.4, -0.2) is 48.1 Å². The SMILES string of the molecule is CC1CN(CC(=O)NC2(C#N)CCCC2)C(C)CN1. The molecule has 0 aromatic rings. The largest absolute Gasteiger partial charge is 0.337 e. The lowest BCUT2D eigenvalue weighted by atomic mass is 10.00. The second-order valence-electron chi connectivity index (χ2n) is 6.04. The van der Waals surface area contributed by atoms with Crippen molar-refractivity contribution in [3.63, 3.8) is 0 Å². The van der Waals surface area contributed by atoms with E-state index in [2.05, 4.69) is 35.5 Å². The fraction of sp³-hybridized carbons (Fsp3) is 0.857. The summed E-state index contributed by atoms with van der Waals surface area (Å²) in [7, 11) is 0. The Balaban J connectivity index is 1.88. The fourth-order valence-corrected chi connectivity index (χ4v) is 3.05. The van der Waals surface area contributed by atoms with E-state index in [-0.39, 0.29) is 5.91 Å². The molecule has 2 rings (SSSR count). The van der Waals surface area contributed by atoms with E-state index < -0.39 is 5.54 Å². The van der Waals surface area contributed by atoms with Gasteiger partial charge in [-0.2, -0.15) is 5.26 Å². The number of nitriles is 1. The average molecular weight is 264 g/mol. The van der Waals surface area contributed by atoms with E-state index in [1.807, 2.05) is 0 Å². The number of piperazine rings is 1. The van der Waals surface area contributed by atoms with Crippen molar-refractivity contribution in [2.75, 3.05) is 19.6 Å². The maximum atomic E-state index is 12.2. The second-order valence-corrected chi connectivity index (χ2v) is 6.04. The zero-order valence-corrected chi connectivity index (χ0v) is 11.9. The Morgan fingerprint density at radius 1 is 1.47 bits per heavy atom. The highest BCUT2D eigenvalue weighted by Gasteiger charge is 2.36. The molecule has 5 nitrogen and oxygen atoms in total. The van der Waals surface area contributed by atoms with Gasteiger partial charge < -0.3 is 10.6 Å². The molecule has 0 aromatic heterocycles. The van der Waals surface area contributed by atoms with Crippen molar-refractivity contribution in [1.82, 2.24) is 15.5 Å². The van der Waals surface area contributed by atoms with Crippen LogP contribution in [0.25, 0.3) is 0 Å². The molecule has 2 atom stereocenters. The maximum absolute atomic E-state index is 12.2. The van der Waals surface area contributed by atoms with Crippen LogP contribution in [0.2, 0.25) is 0 Å². The number of nitrogens with one attached hydrogen (secondary N) is 2. The standard InChI is InChI=1S/C14H24N4O/c1-11-8-18(12(2)7-16-11)9-13(19)17-14(10-15)5-3-4-6-14/h11-12,16H,3-9H2,1-2H3,(H,17,19). The lowest BCUT2D eigenvalue weighted by Gasteiger charge is -2.37. The van der Waals surface area contributed by atoms with Crippen molar-refractivity contribution in [2.24, 2.45) is 0 Å². The average Bonchev–Trinajstić information content (AvgIpc) is 2.83. The van der Waals surface area contributed by atoms with E-state index in [9.17, 15) is 10.1 Å². The van der Waals surface area contributed by atoms with E-state index in [0.29, 0.717) is 18.6 Å². The van der Waals surface area contributed by atoms with Gasteiger partial charge in [-0.1, -0.05) is 0 Å². The number of hydrogen-bond donors (Lipinski definition) is 2. The summed E-state index contributed by atoms with van der Waals surface area (Å²) in [6, 6.07) is 3.08. The van der Waals surface area contributed by atoms with Gasteiger partial charge in [0.1, 0.15) is 5.54 Å². The molecule has 2 unspecified atom stereocenters. The monoisotopic (exact) mass is 264 g/mol. The van der Waals surface area contributed by atoms with E-state index >= 15 is 0 Å². The Morgan fingerprint density at radius 2 is 2.16 bits per heavy atom. The zero-order chi connectivity index (χ0) is 13.9. The lowest BCUT2D eigenvalue weighted by molar-refractivity contribution is -0.124. The quantitative estimate of drug-likeness (QED) is 0.784. The first kappa shape index (κ1) is 14.3. The zero-order valence-electron chi connectivity index (χ0n) is 11.9. The van der Waals surface area contributed by atoms with Crippen LogP contribution in [0.4, 0.5) is 0 Å². The molecular weight excluding hydrogens is 240 g/mol. The van der Waals surface area contributed by atoms with Gasteiger partial charge in [0.15, 0.2) is 0 Å². The first-order chi connectivity index (χ1) is 9.04. The van der Waals surface area contributed by atoms with Gasteiger partial charge in [0.25, 0.3) is 0 Å². The Kier molecular flexibility index (Phi) is 4.43. The Hall–Kier alpha value is -1.12. The predicted octanol–water partition coefficient (Wildman–Crippen LogP) is 0.621. The fourth-order valence-electron chi connectivity index (χ4n) is 3.05. The lowest BCUT2D eigenvalue weighted by Crippen LogP contribution is -2.58. The minimum Gasteiger partial charge on any atom is -0.337 e. The molecule has 2 aliphatic rings. The van der Waals surface area contributed by atoms with Gasteiger partial charge in [0.05, 0.1) is 12.6 Å². The van der Waals surface area contributed by atoms with Crippen LogP contribution >= 0.6 is 0 Å². The minimum atomic E-state index is -0.597. The Morgan fingerprint density at radius 3 is 2.79 bits per heavy atom. The first-order valence-corrected chi connectivity index (χ1v) is 7.24. The smallest absolute Gasteiger partial charge is 0.235 e. The summed E-state index contributed by atoms with van der Waals surface area (Å²) in [5, 5.41) is 15.6. The number of nitrogens with zero attached hydrogens (tertiary/aromatic N) is 2. The summed E-state index contributed by atoms with van der Waals surface area (Å²) in [4.78, 5) is 14.4. The van der Waals surface area contributed by atoms with Gasteiger partial charge in [-0.3, -0.25) is 9.69 Å². The third-order valence-electron chi connectivity index (χ3n) is 4.29. The van der Waals surface area contributed by atoms with Gasteiger partial charge in [0.2, 0.25) is 5.91 Å². The summed E-state index contributed by atoms with van der Waals surface area (Å²) in [6.45, 7) is 6.45. The highest BCUT2D eigenvalue weighted by Crippen LogP contribution is 2.28. The van der Waals surface area contributed by atoms with Crippen LogP contribution < -0.4 is 10.6 Å². The number of carbonyl (C=O) groups is 1. The number of hydrogen-bond acceptors (Lipinski definition) is 4. The number of carbonyl (C=O) groups excluding carboxylic acids is 1. The predicted molar refractivity (Wildman–Crippen MR) is 73.5 cm³/mol. The van der Waals surface area contributed by atoms with Gasteiger partial charge >= 0.3 is 0 Å². The van der Waals surface area contributed by atoms with Crippen molar-refractivity contribution < 1.29 is 4.79 Å². The van der Waals surface area contributed by atoms with Gasteiger partial charge in [-0.25, -0.2) is 0 Å². The van der Waals surface area contributed by atoms with Crippen molar-refractivity contribution in [3.05, 3.63) is 0 Å². The van der Waals surface area contributed by atoms with E-state index in [1.165, 1.54) is 0 Å². The van der Waals surface area contributed by atoms with Crippen LogP contribution in [0.15, 0.2) is 0 Å². The van der Waals surface area contributed by atoms with Crippen molar-refractivity contribution >= 4 is 5.91 Å². The summed E-state index contributed by atoms with van der Waals surface area (Å²) in [6.07, 6.45) is 3.66. The van der Waals surface area contributed by atoms with E-state index in [4.69, 9.17) is 0 Å². The van der Waals surface area contributed by atoms with Crippen LogP contribution in [0, 0.1) is 11.3 Å². The molecule has 1 saturated carbocycles. The molecular formula is C14H24N4O. The topological polar surface area (TPSA) is 68.2 Å². The molecule has 1 saturated heterocycles. The van der Waals surface area contributed by atoms with Crippen molar-refractivity contribution in [3.8, 4) is 6.07 Å². The number of rotatable bonds is 3. The highest BCUT2D eigenvalue weighted by atomic mass is 16.2. The first-order valence-electron chi connectivity index (χ1n) is 7.24. The highest BCUT2D eigenvalue weighted by molar-refractivity contribution is 5.79. The molecule has 19 heavy (non-hydrogen) atoms. The number of amides is 1. The summed E-state index contributed by atoms with van der Waals surface area (Å²) < 4.78 is 0. The van der Waals surface area contributed by atoms with Gasteiger partial charge in [-0.15, -0.1) is 0 Å². The molecule has 106 valence electrons. The molecule has 0 aromatic carbocycles. The normalized spacial score (nSPS) is 30.8. The molecule has 2 fully saturated rings. The minimum absolute atomic E-state index is 0.00981. The maximum Gasteiger partial charge on any atom is 0.235 e. The van der Waals surface area contributed by atoms with Crippen molar-refractivity contribution in [2.45, 2.75) is 57.2 Å². The molecule has 1 aliphatic heterocycles. The molecule has 1 heterocycles. The molecule has 0 bridgehead atoms. The Bertz CT molecular complexity index is 370. The third-order valence-corrected chi connectivity index (χ3v) is 4.29. The molecule has 1 aliphatic carbocycles. The van der Waals surface area contributed by atoms with Crippen LogP contribution in [0.5, 0.6) is 0 Å². The molecule has 5 heteroatoms. The molecule has 0 spiro atoms. The molecule has 1 amide bonds. The van der Waals surface area contributed by atoms with Crippen LogP contribution in [0.3, 0.4) is 0 Å². The van der Waals surface area contributed by atoms with Crippen LogP contribution in [-0.2, 0) is 4.79 Å². The summed E-state index contributed by atoms with van der Waals surface area (Å²) in [5.41, 5.74) is -0.597. The van der Waals surface area contributed by atoms with E-state index in [0.717, 1.165) is 38.8 Å². The van der Waals surface area contributed by atoms with Crippen molar-refractivity contribution in [1.29, 1.82) is 5.26 Å². The van der Waals surface area contributed by atoms with Gasteiger partial charge in [-0.05, 0) is 39.5 Å². The second kappa shape index (κ2) is 5.89. The molecule has 0 radical (unpaired) electrons. The third kappa shape index (κ3) is 3.46. The van der Waals surface area contributed by atoms with E-state index in [1.54, 1.807) is 0 Å².